The van der Waals surface area contributed by atoms with Gasteiger partial charge in [-0.05, 0) is 76.9 Å². The van der Waals surface area contributed by atoms with E-state index >= 15 is 0 Å². The van der Waals surface area contributed by atoms with Crippen molar-refractivity contribution < 1.29 is 19.1 Å². The van der Waals surface area contributed by atoms with Gasteiger partial charge in [0.1, 0.15) is 6.61 Å². The van der Waals surface area contributed by atoms with Crippen molar-refractivity contribution in [3.63, 3.8) is 0 Å². The maximum absolute atomic E-state index is 13.9. The number of nitrogens with zero attached hydrogens (tertiary/aromatic N) is 1. The average molecular weight is 718 g/mol. The Hall–Kier alpha value is -2.13. The van der Waals surface area contributed by atoms with Crippen LogP contribution in [0.1, 0.15) is 77.3 Å². The topological polar surface area (TPSA) is 55.8 Å². The maximum Gasteiger partial charge on any atom is 0.174 e. The second-order valence-corrected chi connectivity index (χ2v) is 14.8. The monoisotopic (exact) mass is 717 g/mol. The molecule has 0 amide bonds. The molecular formula is C33H37BrINO4. The minimum atomic E-state index is -0.404. The smallest absolute Gasteiger partial charge is 0.174 e. The Labute approximate surface area is 259 Å². The summed E-state index contributed by atoms with van der Waals surface area (Å²) >= 11 is 5.90. The molecule has 2 aromatic carbocycles. The van der Waals surface area contributed by atoms with Gasteiger partial charge in [-0.1, -0.05) is 61.8 Å². The van der Waals surface area contributed by atoms with Gasteiger partial charge in [-0.2, -0.15) is 0 Å². The number of benzene rings is 2. The zero-order valence-corrected chi connectivity index (χ0v) is 27.9. The summed E-state index contributed by atoms with van der Waals surface area (Å²) in [7, 11) is 2.04. The third-order valence-corrected chi connectivity index (χ3v) is 9.75. The summed E-state index contributed by atoms with van der Waals surface area (Å²) in [6, 6.07) is 12.1. The summed E-state index contributed by atoms with van der Waals surface area (Å²) in [5, 5.41) is 0. The van der Waals surface area contributed by atoms with E-state index in [9.17, 15) is 9.59 Å². The van der Waals surface area contributed by atoms with E-state index in [1.165, 1.54) is 0 Å². The predicted octanol–water partition coefficient (Wildman–Crippen LogP) is 8.35. The minimum absolute atomic E-state index is 0.130. The van der Waals surface area contributed by atoms with Gasteiger partial charge in [-0.15, -0.1) is 0 Å². The van der Waals surface area contributed by atoms with E-state index in [2.05, 4.69) is 77.2 Å². The van der Waals surface area contributed by atoms with Crippen LogP contribution in [0.15, 0.2) is 63.4 Å². The Morgan fingerprint density at radius 2 is 1.50 bits per heavy atom. The number of carbonyl (C=O) groups excluding carboxylic acids is 2. The summed E-state index contributed by atoms with van der Waals surface area (Å²) in [5.41, 5.74) is 5.34. The number of halogens is 2. The highest BCUT2D eigenvalue weighted by Gasteiger charge is 2.48. The second kappa shape index (κ2) is 10.9. The summed E-state index contributed by atoms with van der Waals surface area (Å²) < 4.78 is 14.3. The molecule has 0 spiro atoms. The van der Waals surface area contributed by atoms with Crippen molar-refractivity contribution in [3.05, 3.63) is 78.1 Å². The third kappa shape index (κ3) is 5.52. The van der Waals surface area contributed by atoms with E-state index < -0.39 is 5.92 Å². The van der Waals surface area contributed by atoms with Crippen LogP contribution in [-0.2, 0) is 16.2 Å². The molecule has 0 saturated carbocycles. The minimum Gasteiger partial charge on any atom is -0.490 e. The first-order chi connectivity index (χ1) is 18.8. The molecule has 7 heteroatoms. The van der Waals surface area contributed by atoms with Crippen molar-refractivity contribution in [2.24, 2.45) is 10.8 Å². The third-order valence-electron chi connectivity index (χ3n) is 8.17. The molecule has 0 aromatic heterocycles. The van der Waals surface area contributed by atoms with Crippen LogP contribution in [0.25, 0.3) is 0 Å². The number of ketones is 2. The highest BCUT2D eigenvalue weighted by atomic mass is 127. The lowest BCUT2D eigenvalue weighted by Crippen LogP contribution is -2.43. The van der Waals surface area contributed by atoms with E-state index in [0.29, 0.717) is 37.6 Å². The summed E-state index contributed by atoms with van der Waals surface area (Å²) in [6.45, 7) is 11.4. The Balaban J connectivity index is 1.65. The van der Waals surface area contributed by atoms with Crippen LogP contribution in [0.3, 0.4) is 0 Å². The molecule has 0 N–H and O–H groups in total. The van der Waals surface area contributed by atoms with Gasteiger partial charge in [0.05, 0.1) is 10.2 Å². The molecule has 5 nitrogen and oxygen atoms in total. The van der Waals surface area contributed by atoms with E-state index in [1.807, 2.05) is 44.3 Å². The Morgan fingerprint density at radius 1 is 0.925 bits per heavy atom. The van der Waals surface area contributed by atoms with Gasteiger partial charge in [0.2, 0.25) is 0 Å². The molecule has 40 heavy (non-hydrogen) atoms. The molecule has 3 aliphatic rings. The van der Waals surface area contributed by atoms with E-state index in [0.717, 1.165) is 54.6 Å². The Kier molecular flexibility index (Phi) is 8.03. The zero-order chi connectivity index (χ0) is 29.0. The molecule has 1 heterocycles. The number of rotatable bonds is 6. The fourth-order valence-corrected chi connectivity index (χ4v) is 7.60. The maximum atomic E-state index is 13.9. The first kappa shape index (κ1) is 29.4. The van der Waals surface area contributed by atoms with Crippen LogP contribution < -0.4 is 9.47 Å². The van der Waals surface area contributed by atoms with Crippen LogP contribution in [0.5, 0.6) is 11.5 Å². The van der Waals surface area contributed by atoms with Crippen LogP contribution in [-0.4, -0.2) is 30.1 Å². The van der Waals surface area contributed by atoms with Crippen molar-refractivity contribution in [2.75, 3.05) is 13.7 Å². The zero-order valence-electron chi connectivity index (χ0n) is 24.1. The molecule has 2 aliphatic carbocycles. The largest absolute Gasteiger partial charge is 0.490 e. The molecular weight excluding hydrogens is 681 g/mol. The lowest BCUT2D eigenvalue weighted by atomic mass is 9.64. The van der Waals surface area contributed by atoms with E-state index in [-0.39, 0.29) is 22.4 Å². The fourth-order valence-electron chi connectivity index (χ4n) is 6.42. The normalized spacial score (nSPS) is 20.4. The summed E-state index contributed by atoms with van der Waals surface area (Å²) in [5.74, 6) is 1.17. The number of allylic oxidation sites excluding steroid dienone is 4. The number of carbonyl (C=O) groups is 2. The van der Waals surface area contributed by atoms with E-state index in [4.69, 9.17) is 9.47 Å². The molecule has 0 bridgehead atoms. The number of ether oxygens (including phenoxy) is 2. The Morgan fingerprint density at radius 3 is 2.05 bits per heavy atom. The Bertz CT molecular complexity index is 1400. The molecule has 0 atom stereocenters. The number of hydrogen-bond donors (Lipinski definition) is 0. The van der Waals surface area contributed by atoms with Crippen molar-refractivity contribution in [3.8, 4) is 11.5 Å². The van der Waals surface area contributed by atoms with Gasteiger partial charge in [0.25, 0.3) is 0 Å². The van der Waals surface area contributed by atoms with E-state index in [1.54, 1.807) is 0 Å². The van der Waals surface area contributed by atoms with Gasteiger partial charge in [-0.25, -0.2) is 0 Å². The highest BCUT2D eigenvalue weighted by Crippen LogP contribution is 2.54. The highest BCUT2D eigenvalue weighted by molar-refractivity contribution is 14.1. The van der Waals surface area contributed by atoms with Crippen molar-refractivity contribution >= 4 is 50.1 Å². The first-order valence-electron chi connectivity index (χ1n) is 13.9. The quantitative estimate of drug-likeness (QED) is 0.281. The molecule has 0 unspecified atom stereocenters. The van der Waals surface area contributed by atoms with Crippen LogP contribution in [0, 0.1) is 14.4 Å². The molecule has 212 valence electrons. The number of hydrogen-bond acceptors (Lipinski definition) is 5. The summed E-state index contributed by atoms with van der Waals surface area (Å²) in [4.78, 5) is 29.9. The fraction of sp³-hybridized carbons (Fsp3) is 0.455. The molecule has 1 aliphatic heterocycles. The van der Waals surface area contributed by atoms with Crippen LogP contribution in [0.2, 0.25) is 0 Å². The molecule has 0 radical (unpaired) electrons. The predicted molar refractivity (Wildman–Crippen MR) is 169 cm³/mol. The average Bonchev–Trinajstić information content (AvgIpc) is 2.84. The molecule has 5 rings (SSSR count). The van der Waals surface area contributed by atoms with Gasteiger partial charge >= 0.3 is 0 Å². The molecule has 2 aromatic rings. The van der Waals surface area contributed by atoms with Crippen molar-refractivity contribution in [1.82, 2.24) is 4.90 Å². The van der Waals surface area contributed by atoms with Gasteiger partial charge in [0, 0.05) is 58.4 Å². The SMILES string of the molecule is CCOc1cc(C2C3=C(CC(C)(C)CC3=O)N(C)C3=C2C(=O)CC(C)(C)C3)cc(I)c1OCc1ccccc1Br. The lowest BCUT2D eigenvalue weighted by Gasteiger charge is -2.48. The van der Waals surface area contributed by atoms with Crippen LogP contribution in [0.4, 0.5) is 0 Å². The van der Waals surface area contributed by atoms with Gasteiger partial charge in [-0.3, -0.25) is 9.59 Å². The summed E-state index contributed by atoms with van der Waals surface area (Å²) in [6.07, 6.45) is 2.55. The van der Waals surface area contributed by atoms with Gasteiger partial charge < -0.3 is 14.4 Å². The van der Waals surface area contributed by atoms with Crippen molar-refractivity contribution in [2.45, 2.75) is 72.8 Å². The second-order valence-electron chi connectivity index (χ2n) is 12.7. The lowest BCUT2D eigenvalue weighted by molar-refractivity contribution is -0.119. The molecule has 0 saturated heterocycles. The standard InChI is InChI=1S/C33H37BrINO4/c1-7-39-27-13-20(12-22(35)31(27)40-18-19-10-8-9-11-21(19)34)28-29-23(14-32(2,3)16-25(29)37)36(6)24-15-33(4,5)17-26(38)30(24)28/h8-13,28H,7,14-18H2,1-6H3. The van der Waals surface area contributed by atoms with Crippen LogP contribution >= 0.6 is 38.5 Å². The van der Waals surface area contributed by atoms with Crippen molar-refractivity contribution in [1.29, 1.82) is 0 Å². The first-order valence-corrected chi connectivity index (χ1v) is 15.8. The molecule has 0 fully saturated rings. The van der Waals surface area contributed by atoms with Gasteiger partial charge in [0.15, 0.2) is 23.1 Å². The number of Topliss-reactive ketones (excluding diaryl/α,β-unsaturated/α-hetero) is 2.